The molecular weight excluding hydrogens is 1060 g/mol. The summed E-state index contributed by atoms with van der Waals surface area (Å²) in [5.41, 5.74) is 0. The average molecular weight is 1190 g/mol. The first-order valence-corrected chi connectivity index (χ1v) is 35.7. The van der Waals surface area contributed by atoms with E-state index in [4.69, 9.17) is 9.05 Å². The number of unbranched alkanes of at least 4 members (excludes halogenated alkanes) is 26. The summed E-state index contributed by atoms with van der Waals surface area (Å²) in [6.45, 7) is 4.49. The minimum absolute atomic E-state index is 0.0231. The number of phosphoric ester groups is 1. The van der Waals surface area contributed by atoms with Crippen LogP contribution in [0.5, 0.6) is 0 Å². The number of likely N-dealkylation sites (N-methyl/N-ethyl adjacent to an activating group) is 1. The van der Waals surface area contributed by atoms with Gasteiger partial charge in [0.15, 0.2) is 0 Å². The fourth-order valence-corrected chi connectivity index (χ4v) is 9.98. The lowest BCUT2D eigenvalue weighted by Crippen LogP contribution is -2.45. The SMILES string of the molecule is CC/C=C\C/C=C\C/C=C\C/C=C\C/C=C\C/C=C\C/C=C\C/C=C\C/C=C\C/C=C\CCCCC(=O)NC(COP(=O)([O-])OCC[N+](C)(C)C)C(O)/C=C/CC/C=C/CCCCCCCCCCCCCCCCCCCCCCCCC. The zero-order chi connectivity index (χ0) is 61.2. The summed E-state index contributed by atoms with van der Waals surface area (Å²) in [7, 11) is 1.20. The summed E-state index contributed by atoms with van der Waals surface area (Å²) in [4.78, 5) is 25.6. The fourth-order valence-electron chi connectivity index (χ4n) is 9.26. The maximum absolute atomic E-state index is 13.0. The molecule has 9 heteroatoms. The van der Waals surface area contributed by atoms with Crippen molar-refractivity contribution in [2.24, 2.45) is 0 Å². The maximum atomic E-state index is 13.0. The third kappa shape index (κ3) is 65.9. The third-order valence-electron chi connectivity index (χ3n) is 14.5. The van der Waals surface area contributed by atoms with Gasteiger partial charge in [-0.3, -0.25) is 9.36 Å². The molecule has 0 radical (unpaired) electrons. The van der Waals surface area contributed by atoms with Gasteiger partial charge in [-0.15, -0.1) is 0 Å². The Balaban J connectivity index is 4.29. The first-order valence-electron chi connectivity index (χ1n) is 34.2. The van der Waals surface area contributed by atoms with Crippen molar-refractivity contribution in [3.8, 4) is 0 Å². The van der Waals surface area contributed by atoms with E-state index in [2.05, 4.69) is 153 Å². The molecule has 1 amide bonds. The van der Waals surface area contributed by atoms with E-state index in [-0.39, 0.29) is 18.9 Å². The molecule has 0 aliphatic heterocycles. The molecule has 0 saturated carbocycles. The molecule has 3 unspecified atom stereocenters. The minimum atomic E-state index is -4.64. The van der Waals surface area contributed by atoms with Crippen molar-refractivity contribution in [2.45, 2.75) is 283 Å². The monoisotopic (exact) mass is 1180 g/mol. The lowest BCUT2D eigenvalue weighted by atomic mass is 10.0. The van der Waals surface area contributed by atoms with Crippen LogP contribution in [0.25, 0.3) is 0 Å². The van der Waals surface area contributed by atoms with E-state index in [0.717, 1.165) is 96.3 Å². The number of carbonyl (C=O) groups excluding carboxylic acids is 1. The smallest absolute Gasteiger partial charge is 0.268 e. The Hall–Kier alpha value is -3.62. The molecule has 2 N–H and O–H groups in total. The van der Waals surface area contributed by atoms with Crippen LogP contribution in [0.4, 0.5) is 0 Å². The van der Waals surface area contributed by atoms with E-state index >= 15 is 0 Å². The first kappa shape index (κ1) is 80.4. The van der Waals surface area contributed by atoms with Crippen LogP contribution in [0.3, 0.4) is 0 Å². The highest BCUT2D eigenvalue weighted by atomic mass is 31.2. The zero-order valence-electron chi connectivity index (χ0n) is 54.8. The standard InChI is InChI=1S/C75H129N2O6P/c1-6-8-10-12-14-16-18-20-22-24-26-28-30-32-34-36-37-38-39-41-43-45-47-49-51-53-55-57-59-61-63-65-67-69-75(79)76-73(72-83-84(80,81)82-71-70-77(3,4)5)74(78)68-66-64-62-60-58-56-54-52-50-48-46-44-42-40-35-33-31-29-27-25-23-21-19-17-15-13-11-9-7-2/h8,10,14,16,20,22,26,28,32,34,37-38,41,43,47,49,53,55,58-61,66,68,73-74,78H,6-7,9,11-13,15,17-19,21,23-25,27,29-31,33,35-36,39-40,42,44-46,48,50-52,54,56-57,62-65,67,69-72H2,1-5H3,(H-,76,79,80,81)/b10-8-,16-14-,22-20-,28-26-,34-32-,38-37-,43-41-,49-47-,55-53-,60-58+,61-59-,68-66+. The Labute approximate surface area is 519 Å². The van der Waals surface area contributed by atoms with E-state index in [1.54, 1.807) is 6.08 Å². The molecule has 0 bridgehead atoms. The normalized spacial score (nSPS) is 14.6. The lowest BCUT2D eigenvalue weighted by molar-refractivity contribution is -0.870. The van der Waals surface area contributed by atoms with Crippen molar-refractivity contribution in [3.63, 3.8) is 0 Å². The van der Waals surface area contributed by atoms with Gasteiger partial charge in [0.25, 0.3) is 7.82 Å². The zero-order valence-corrected chi connectivity index (χ0v) is 55.7. The third-order valence-corrected chi connectivity index (χ3v) is 15.5. The van der Waals surface area contributed by atoms with Crippen LogP contribution in [-0.4, -0.2) is 68.5 Å². The largest absolute Gasteiger partial charge is 0.756 e. The molecule has 0 heterocycles. The quantitative estimate of drug-likeness (QED) is 0.0272. The highest BCUT2D eigenvalue weighted by Crippen LogP contribution is 2.38. The van der Waals surface area contributed by atoms with E-state index in [0.29, 0.717) is 17.4 Å². The van der Waals surface area contributed by atoms with Gasteiger partial charge in [0.1, 0.15) is 13.2 Å². The van der Waals surface area contributed by atoms with Gasteiger partial charge in [-0.05, 0) is 109 Å². The van der Waals surface area contributed by atoms with E-state index in [9.17, 15) is 19.4 Å². The minimum Gasteiger partial charge on any atom is -0.756 e. The highest BCUT2D eigenvalue weighted by Gasteiger charge is 2.23. The Morgan fingerprint density at radius 3 is 1.11 bits per heavy atom. The number of nitrogens with zero attached hydrogens (tertiary/aromatic N) is 1. The summed E-state index contributed by atoms with van der Waals surface area (Å²) in [6.07, 6.45) is 98.3. The summed E-state index contributed by atoms with van der Waals surface area (Å²) in [5.74, 6) is -0.253. The molecule has 0 aliphatic carbocycles. The van der Waals surface area contributed by atoms with E-state index in [1.807, 2.05) is 27.2 Å². The van der Waals surface area contributed by atoms with Gasteiger partial charge in [-0.1, -0.05) is 301 Å². The molecule has 0 aliphatic rings. The molecular formula is C75H129N2O6P. The number of allylic oxidation sites excluding steroid dienone is 23. The molecule has 0 aromatic rings. The molecule has 84 heavy (non-hydrogen) atoms. The Morgan fingerprint density at radius 1 is 0.429 bits per heavy atom. The second-order valence-electron chi connectivity index (χ2n) is 23.8. The fraction of sp³-hybridized carbons (Fsp3) is 0.667. The molecule has 0 spiro atoms. The predicted octanol–water partition coefficient (Wildman–Crippen LogP) is 21.4. The van der Waals surface area contributed by atoms with E-state index < -0.39 is 26.6 Å². The predicted molar refractivity (Wildman–Crippen MR) is 366 cm³/mol. The number of phosphoric acid groups is 1. The van der Waals surface area contributed by atoms with Crippen molar-refractivity contribution in [1.82, 2.24) is 5.32 Å². The molecule has 0 aromatic carbocycles. The van der Waals surface area contributed by atoms with Crippen LogP contribution in [-0.2, 0) is 18.4 Å². The highest BCUT2D eigenvalue weighted by molar-refractivity contribution is 7.45. The molecule has 3 atom stereocenters. The van der Waals surface area contributed by atoms with Gasteiger partial charge in [0, 0.05) is 6.42 Å². The van der Waals surface area contributed by atoms with Gasteiger partial charge in [0.2, 0.25) is 5.91 Å². The summed E-state index contributed by atoms with van der Waals surface area (Å²) in [5, 5.41) is 13.9. The number of hydrogen-bond acceptors (Lipinski definition) is 6. The van der Waals surface area contributed by atoms with Crippen molar-refractivity contribution in [2.75, 3.05) is 40.9 Å². The topological polar surface area (TPSA) is 108 Å². The molecule has 0 rings (SSSR count). The molecule has 0 fully saturated rings. The van der Waals surface area contributed by atoms with E-state index in [1.165, 1.54) is 148 Å². The average Bonchev–Trinajstić information content (AvgIpc) is 3.56. The van der Waals surface area contributed by atoms with Crippen LogP contribution < -0.4 is 10.2 Å². The Morgan fingerprint density at radius 2 is 0.738 bits per heavy atom. The molecule has 480 valence electrons. The summed E-state index contributed by atoms with van der Waals surface area (Å²) >= 11 is 0. The Kier molecular flexibility index (Phi) is 61.1. The molecule has 8 nitrogen and oxygen atoms in total. The summed E-state index contributed by atoms with van der Waals surface area (Å²) < 4.78 is 23.4. The van der Waals surface area contributed by atoms with Crippen molar-refractivity contribution in [1.29, 1.82) is 0 Å². The van der Waals surface area contributed by atoms with Gasteiger partial charge in [-0.2, -0.15) is 0 Å². The van der Waals surface area contributed by atoms with Gasteiger partial charge >= 0.3 is 0 Å². The maximum Gasteiger partial charge on any atom is 0.268 e. The van der Waals surface area contributed by atoms with Crippen LogP contribution in [0, 0.1) is 0 Å². The van der Waals surface area contributed by atoms with Crippen molar-refractivity contribution >= 4 is 13.7 Å². The number of quaternary nitrogens is 1. The van der Waals surface area contributed by atoms with Crippen LogP contribution in [0.15, 0.2) is 146 Å². The van der Waals surface area contributed by atoms with Crippen LogP contribution in [0.2, 0.25) is 0 Å². The van der Waals surface area contributed by atoms with Gasteiger partial charge in [0.05, 0.1) is 39.9 Å². The number of aliphatic hydroxyl groups excluding tert-OH is 1. The molecule has 0 saturated heterocycles. The van der Waals surface area contributed by atoms with Gasteiger partial charge in [-0.25, -0.2) is 0 Å². The van der Waals surface area contributed by atoms with Crippen molar-refractivity contribution < 1.29 is 32.9 Å². The number of rotatable bonds is 61. The lowest BCUT2D eigenvalue weighted by Gasteiger charge is -2.29. The van der Waals surface area contributed by atoms with Crippen LogP contribution in [0.1, 0.15) is 271 Å². The second kappa shape index (κ2) is 63.9. The summed E-state index contributed by atoms with van der Waals surface area (Å²) in [6, 6.07) is -0.940. The Bertz CT molecular complexity index is 1880. The second-order valence-corrected chi connectivity index (χ2v) is 25.2. The first-order chi connectivity index (χ1) is 41.0. The number of aliphatic hydroxyl groups is 1. The number of carbonyl (C=O) groups is 1. The van der Waals surface area contributed by atoms with Gasteiger partial charge < -0.3 is 28.8 Å². The molecule has 0 aromatic heterocycles. The number of hydrogen-bond donors (Lipinski definition) is 2. The van der Waals surface area contributed by atoms with Crippen LogP contribution >= 0.6 is 7.82 Å². The van der Waals surface area contributed by atoms with Crippen molar-refractivity contribution in [3.05, 3.63) is 146 Å². The number of amides is 1. The number of nitrogens with one attached hydrogen (secondary N) is 1.